The molecule has 0 saturated carbocycles. The first-order valence-electron chi connectivity index (χ1n) is 11.0. The summed E-state index contributed by atoms with van der Waals surface area (Å²) in [6.45, 7) is 5.68. The number of fused-ring (bicyclic) bond motifs is 2. The number of hydrogen-bond donors (Lipinski definition) is 4. The summed E-state index contributed by atoms with van der Waals surface area (Å²) in [4.78, 5) is 38.7. The van der Waals surface area contributed by atoms with Gasteiger partial charge in [0.25, 0.3) is 5.91 Å². The van der Waals surface area contributed by atoms with Gasteiger partial charge in [-0.05, 0) is 62.5 Å². The van der Waals surface area contributed by atoms with E-state index in [0.29, 0.717) is 22.9 Å². The van der Waals surface area contributed by atoms with E-state index in [4.69, 9.17) is 14.7 Å². The van der Waals surface area contributed by atoms with Crippen LogP contribution >= 0.6 is 11.3 Å². The Bertz CT molecular complexity index is 1590. The third-order valence-corrected chi connectivity index (χ3v) is 5.97. The van der Waals surface area contributed by atoms with E-state index in [1.165, 1.54) is 0 Å². The van der Waals surface area contributed by atoms with Gasteiger partial charge in [-0.25, -0.2) is 14.8 Å². The molecule has 35 heavy (non-hydrogen) atoms. The highest BCUT2D eigenvalue weighted by Gasteiger charge is 2.15. The van der Waals surface area contributed by atoms with Crippen molar-refractivity contribution < 1.29 is 9.53 Å². The second-order valence-corrected chi connectivity index (χ2v) is 10.0. The van der Waals surface area contributed by atoms with E-state index in [0.717, 1.165) is 27.0 Å². The van der Waals surface area contributed by atoms with Crippen molar-refractivity contribution in [3.63, 3.8) is 0 Å². The van der Waals surface area contributed by atoms with E-state index in [9.17, 15) is 9.59 Å². The van der Waals surface area contributed by atoms with E-state index >= 15 is 0 Å². The van der Waals surface area contributed by atoms with E-state index in [-0.39, 0.29) is 23.7 Å². The predicted octanol–water partition coefficient (Wildman–Crippen LogP) is 4.57. The van der Waals surface area contributed by atoms with Crippen LogP contribution in [0.25, 0.3) is 32.6 Å². The lowest BCUT2D eigenvalue weighted by Gasteiger charge is -2.20. The number of ether oxygens (including phenoxy) is 1. The van der Waals surface area contributed by atoms with Crippen molar-refractivity contribution in [1.29, 1.82) is 0 Å². The maximum absolute atomic E-state index is 12.1. The normalized spacial score (nSPS) is 11.6. The first-order chi connectivity index (χ1) is 16.7. The van der Waals surface area contributed by atoms with Gasteiger partial charge < -0.3 is 25.3 Å². The summed E-state index contributed by atoms with van der Waals surface area (Å²) in [5, 5.41) is 8.21. The van der Waals surface area contributed by atoms with Gasteiger partial charge in [-0.3, -0.25) is 4.79 Å². The Labute approximate surface area is 204 Å². The molecule has 0 atom stereocenters. The van der Waals surface area contributed by atoms with Crippen molar-refractivity contribution in [1.82, 2.24) is 25.3 Å². The van der Waals surface area contributed by atoms with Crippen LogP contribution in [0.15, 0.2) is 58.7 Å². The van der Waals surface area contributed by atoms with Crippen LogP contribution < -0.4 is 21.1 Å². The lowest BCUT2D eigenvalue weighted by atomic mass is 10.1. The molecule has 2 aromatic carbocycles. The molecular formula is C25H24N6O3S. The van der Waals surface area contributed by atoms with Crippen molar-refractivity contribution in [2.45, 2.75) is 26.3 Å². The second kappa shape index (κ2) is 8.88. The average Bonchev–Trinajstić information content (AvgIpc) is 3.42. The molecule has 5 aromatic rings. The van der Waals surface area contributed by atoms with Crippen molar-refractivity contribution in [3.05, 3.63) is 64.4 Å². The molecule has 0 aliphatic rings. The summed E-state index contributed by atoms with van der Waals surface area (Å²) in [6, 6.07) is 14.9. The first kappa shape index (κ1) is 22.6. The molecule has 0 radical (unpaired) electrons. The predicted molar refractivity (Wildman–Crippen MR) is 138 cm³/mol. The summed E-state index contributed by atoms with van der Waals surface area (Å²) in [5.74, 6) is 1.55. The fourth-order valence-corrected chi connectivity index (χ4v) is 4.43. The highest BCUT2D eigenvalue weighted by molar-refractivity contribution is 7.17. The molecule has 0 aliphatic carbocycles. The molecule has 0 fully saturated rings. The first-order valence-corrected chi connectivity index (χ1v) is 11.9. The van der Waals surface area contributed by atoms with Crippen molar-refractivity contribution in [3.8, 4) is 17.1 Å². The number of aromatic nitrogens is 4. The summed E-state index contributed by atoms with van der Waals surface area (Å²) in [7, 11) is 0. The smallest absolute Gasteiger partial charge is 0.323 e. The minimum Gasteiger partial charge on any atom is -0.484 e. The maximum atomic E-state index is 12.1. The number of amides is 1. The van der Waals surface area contributed by atoms with Gasteiger partial charge in [0.15, 0.2) is 18.2 Å². The number of imidazole rings is 1. The zero-order chi connectivity index (χ0) is 24.6. The van der Waals surface area contributed by atoms with Crippen LogP contribution in [0.2, 0.25) is 0 Å². The van der Waals surface area contributed by atoms with E-state index in [1.807, 2.05) is 68.6 Å². The molecule has 1 amide bonds. The largest absolute Gasteiger partial charge is 0.484 e. The van der Waals surface area contributed by atoms with Gasteiger partial charge in [0, 0.05) is 16.8 Å². The SMILES string of the molecule is CC(C)(C)NC(=O)COc1cccc(-c2nc(Nc3ccc4[nH]c(=O)[nH]c4c3)c3sccc3n2)c1. The Balaban J connectivity index is 1.42. The summed E-state index contributed by atoms with van der Waals surface area (Å²) in [6.07, 6.45) is 0. The molecule has 3 heterocycles. The van der Waals surface area contributed by atoms with E-state index in [1.54, 1.807) is 17.4 Å². The molecule has 0 aliphatic heterocycles. The highest BCUT2D eigenvalue weighted by atomic mass is 32.1. The fourth-order valence-electron chi connectivity index (χ4n) is 3.65. The number of nitrogens with one attached hydrogen (secondary N) is 4. The Kier molecular flexibility index (Phi) is 5.73. The van der Waals surface area contributed by atoms with Crippen molar-refractivity contribution in [2.75, 3.05) is 11.9 Å². The van der Waals surface area contributed by atoms with Gasteiger partial charge in [0.05, 0.1) is 21.3 Å². The molecule has 5 rings (SSSR count). The van der Waals surface area contributed by atoms with Gasteiger partial charge in [0.2, 0.25) is 0 Å². The number of aromatic amines is 2. The number of benzene rings is 2. The van der Waals surface area contributed by atoms with Crippen molar-refractivity contribution >= 4 is 50.0 Å². The van der Waals surface area contributed by atoms with Gasteiger partial charge in [-0.2, -0.15) is 0 Å². The monoisotopic (exact) mass is 488 g/mol. The number of carbonyl (C=O) groups excluding carboxylic acids is 1. The fraction of sp³-hybridized carbons (Fsp3) is 0.200. The van der Waals surface area contributed by atoms with Crippen LogP contribution in [0.1, 0.15) is 20.8 Å². The lowest BCUT2D eigenvalue weighted by Crippen LogP contribution is -2.43. The number of thiophene rings is 1. The van der Waals surface area contributed by atoms with Crippen LogP contribution in [0.3, 0.4) is 0 Å². The molecule has 0 unspecified atom stereocenters. The zero-order valence-electron chi connectivity index (χ0n) is 19.4. The Morgan fingerprint density at radius 2 is 1.89 bits per heavy atom. The number of anilines is 2. The molecule has 10 heteroatoms. The van der Waals surface area contributed by atoms with Crippen LogP contribution in [-0.4, -0.2) is 38.0 Å². The minimum atomic E-state index is -0.323. The topological polar surface area (TPSA) is 125 Å². The molecule has 0 spiro atoms. The number of carbonyl (C=O) groups is 1. The highest BCUT2D eigenvalue weighted by Crippen LogP contribution is 2.32. The minimum absolute atomic E-state index is 0.0817. The van der Waals surface area contributed by atoms with E-state index < -0.39 is 0 Å². The number of nitrogens with zero attached hydrogens (tertiary/aromatic N) is 2. The Morgan fingerprint density at radius 3 is 2.71 bits per heavy atom. The van der Waals surface area contributed by atoms with Crippen molar-refractivity contribution in [2.24, 2.45) is 0 Å². The zero-order valence-corrected chi connectivity index (χ0v) is 20.2. The molecule has 178 valence electrons. The van der Waals surface area contributed by atoms with E-state index in [2.05, 4.69) is 20.6 Å². The van der Waals surface area contributed by atoms with Gasteiger partial charge in [-0.15, -0.1) is 11.3 Å². The van der Waals surface area contributed by atoms with Gasteiger partial charge in [0.1, 0.15) is 5.75 Å². The second-order valence-electron chi connectivity index (χ2n) is 9.11. The number of hydrogen-bond acceptors (Lipinski definition) is 7. The van der Waals surface area contributed by atoms with Crippen LogP contribution in [0.5, 0.6) is 5.75 Å². The number of H-pyrrole nitrogens is 2. The molecule has 3 aromatic heterocycles. The standard InChI is InChI=1S/C25H24N6O3S/c1-25(2,3)31-20(32)13-34-16-6-4-5-14(11-16)22-27-18-9-10-35-21(18)23(30-22)26-15-7-8-17-19(12-15)29-24(33)28-17/h4-12H,13H2,1-3H3,(H,31,32)(H,26,27,30)(H2,28,29,33). The maximum Gasteiger partial charge on any atom is 0.323 e. The molecule has 0 saturated heterocycles. The van der Waals surface area contributed by atoms with Gasteiger partial charge >= 0.3 is 5.69 Å². The lowest BCUT2D eigenvalue weighted by molar-refractivity contribution is -0.124. The molecule has 9 nitrogen and oxygen atoms in total. The van der Waals surface area contributed by atoms with Gasteiger partial charge in [-0.1, -0.05) is 12.1 Å². The quantitative estimate of drug-likeness (QED) is 0.278. The third kappa shape index (κ3) is 5.17. The molecular weight excluding hydrogens is 464 g/mol. The van der Waals surface area contributed by atoms with Crippen LogP contribution in [-0.2, 0) is 4.79 Å². The summed E-state index contributed by atoms with van der Waals surface area (Å²) in [5.41, 5.74) is 3.23. The number of rotatable bonds is 6. The average molecular weight is 489 g/mol. The summed E-state index contributed by atoms with van der Waals surface area (Å²) >= 11 is 1.54. The Morgan fingerprint density at radius 1 is 1.06 bits per heavy atom. The third-order valence-electron chi connectivity index (χ3n) is 5.06. The molecule has 4 N–H and O–H groups in total. The van der Waals surface area contributed by atoms with Crippen LogP contribution in [0, 0.1) is 0 Å². The van der Waals surface area contributed by atoms with Crippen LogP contribution in [0.4, 0.5) is 11.5 Å². The summed E-state index contributed by atoms with van der Waals surface area (Å²) < 4.78 is 6.62. The molecule has 0 bridgehead atoms. The Hall–Kier alpha value is -4.18.